The molecule has 0 radical (unpaired) electrons. The van der Waals surface area contributed by atoms with Crippen LogP contribution in [0.1, 0.15) is 24.1 Å². The van der Waals surface area contributed by atoms with Crippen LogP contribution in [0.25, 0.3) is 6.08 Å². The molecular weight excluding hydrogens is 376 g/mol. The van der Waals surface area contributed by atoms with E-state index in [0.29, 0.717) is 18.7 Å². The fourth-order valence-corrected chi connectivity index (χ4v) is 3.22. The molecule has 1 aliphatic rings. The number of hydrogen-bond donors (Lipinski definition) is 2. The van der Waals surface area contributed by atoms with Crippen molar-refractivity contribution in [3.05, 3.63) is 71.3 Å². The van der Waals surface area contributed by atoms with Crippen molar-refractivity contribution in [1.82, 2.24) is 5.32 Å². The number of ether oxygens (including phenoxy) is 1. The number of nitrogens with one attached hydrogen (secondary N) is 1. The fourth-order valence-electron chi connectivity index (χ4n) is 3.22. The van der Waals surface area contributed by atoms with Gasteiger partial charge in [-0.05, 0) is 48.4 Å². The van der Waals surface area contributed by atoms with Gasteiger partial charge in [0, 0.05) is 31.4 Å². The van der Waals surface area contributed by atoms with E-state index >= 15 is 0 Å². The molecule has 154 valence electrons. The van der Waals surface area contributed by atoms with Crippen LogP contribution in [0.4, 0.5) is 14.5 Å². The van der Waals surface area contributed by atoms with Gasteiger partial charge in [0.1, 0.15) is 0 Å². The van der Waals surface area contributed by atoms with Crippen LogP contribution in [0.2, 0.25) is 0 Å². The Bertz CT molecular complexity index is 888. The standard InChI is InChI=1S/C22H25F2N3O2/c1-15(26-22(28)8-6-16-5-7-20(23)21(24)11-16)17-3-2-4-18(12-17)27-9-10-29-19(13-25)14-27/h2-8,11-12,15,19H,9-10,13-14,25H2,1H3,(H,26,28). The van der Waals surface area contributed by atoms with Gasteiger partial charge in [-0.1, -0.05) is 18.2 Å². The van der Waals surface area contributed by atoms with Crippen molar-refractivity contribution in [2.45, 2.75) is 19.1 Å². The summed E-state index contributed by atoms with van der Waals surface area (Å²) >= 11 is 0. The molecule has 1 fully saturated rings. The third kappa shape index (κ3) is 5.62. The Kier molecular flexibility index (Phi) is 6.95. The van der Waals surface area contributed by atoms with Crippen LogP contribution in [-0.2, 0) is 9.53 Å². The number of carbonyl (C=O) groups is 1. The maximum atomic E-state index is 13.2. The summed E-state index contributed by atoms with van der Waals surface area (Å²) in [4.78, 5) is 14.4. The molecule has 2 unspecified atom stereocenters. The molecule has 0 saturated carbocycles. The molecular formula is C22H25F2N3O2. The maximum Gasteiger partial charge on any atom is 0.244 e. The number of nitrogens with two attached hydrogens (primary N) is 1. The zero-order valence-corrected chi connectivity index (χ0v) is 16.3. The van der Waals surface area contributed by atoms with Gasteiger partial charge in [0.2, 0.25) is 5.91 Å². The molecule has 1 aliphatic heterocycles. The van der Waals surface area contributed by atoms with E-state index in [1.54, 1.807) is 0 Å². The lowest BCUT2D eigenvalue weighted by Crippen LogP contribution is -2.45. The molecule has 2 atom stereocenters. The lowest BCUT2D eigenvalue weighted by atomic mass is 10.1. The lowest BCUT2D eigenvalue weighted by molar-refractivity contribution is -0.117. The van der Waals surface area contributed by atoms with Crippen LogP contribution in [0.5, 0.6) is 0 Å². The van der Waals surface area contributed by atoms with Gasteiger partial charge in [-0.15, -0.1) is 0 Å². The second-order valence-corrected chi connectivity index (χ2v) is 7.01. The largest absolute Gasteiger partial charge is 0.373 e. The van der Waals surface area contributed by atoms with Crippen LogP contribution in [0.15, 0.2) is 48.5 Å². The van der Waals surface area contributed by atoms with E-state index in [-0.39, 0.29) is 18.1 Å². The fraction of sp³-hybridized carbons (Fsp3) is 0.318. The Labute approximate surface area is 169 Å². The van der Waals surface area contributed by atoms with Gasteiger partial charge in [0.25, 0.3) is 0 Å². The first-order valence-electron chi connectivity index (χ1n) is 9.56. The molecule has 7 heteroatoms. The second kappa shape index (κ2) is 9.62. The highest BCUT2D eigenvalue weighted by Gasteiger charge is 2.20. The number of nitrogens with zero attached hydrogens (tertiary/aromatic N) is 1. The van der Waals surface area contributed by atoms with E-state index in [1.165, 1.54) is 18.2 Å². The average molecular weight is 401 g/mol. The molecule has 2 aromatic rings. The van der Waals surface area contributed by atoms with E-state index < -0.39 is 11.6 Å². The third-order valence-electron chi connectivity index (χ3n) is 4.87. The minimum absolute atomic E-state index is 0.0194. The topological polar surface area (TPSA) is 67.6 Å². The first-order chi connectivity index (χ1) is 14.0. The van der Waals surface area contributed by atoms with Crippen LogP contribution >= 0.6 is 0 Å². The monoisotopic (exact) mass is 401 g/mol. The predicted molar refractivity (Wildman–Crippen MR) is 109 cm³/mol. The molecule has 3 N–H and O–H groups in total. The molecule has 29 heavy (non-hydrogen) atoms. The van der Waals surface area contributed by atoms with Crippen LogP contribution in [-0.4, -0.2) is 38.3 Å². The number of anilines is 1. The van der Waals surface area contributed by atoms with Gasteiger partial charge in [-0.2, -0.15) is 0 Å². The van der Waals surface area contributed by atoms with Gasteiger partial charge < -0.3 is 20.7 Å². The predicted octanol–water partition coefficient (Wildman–Crippen LogP) is 3.02. The summed E-state index contributed by atoms with van der Waals surface area (Å²) in [6.07, 6.45) is 2.77. The summed E-state index contributed by atoms with van der Waals surface area (Å²) in [5.74, 6) is -2.18. The molecule has 0 spiro atoms. The third-order valence-corrected chi connectivity index (χ3v) is 4.87. The first kappa shape index (κ1) is 21.0. The van der Waals surface area contributed by atoms with Crippen molar-refractivity contribution in [2.75, 3.05) is 31.1 Å². The van der Waals surface area contributed by atoms with Crippen molar-refractivity contribution in [3.8, 4) is 0 Å². The molecule has 1 heterocycles. The van der Waals surface area contributed by atoms with Gasteiger partial charge in [-0.3, -0.25) is 4.79 Å². The molecule has 0 bridgehead atoms. The Morgan fingerprint density at radius 1 is 1.31 bits per heavy atom. The molecule has 0 aliphatic carbocycles. The lowest BCUT2D eigenvalue weighted by Gasteiger charge is -2.34. The number of amides is 1. The van der Waals surface area contributed by atoms with E-state index in [0.717, 1.165) is 36.5 Å². The van der Waals surface area contributed by atoms with Crippen LogP contribution in [0, 0.1) is 11.6 Å². The minimum atomic E-state index is -0.947. The van der Waals surface area contributed by atoms with Gasteiger partial charge in [0.15, 0.2) is 11.6 Å². The smallest absolute Gasteiger partial charge is 0.244 e. The van der Waals surface area contributed by atoms with Crippen molar-refractivity contribution >= 4 is 17.7 Å². The Balaban J connectivity index is 1.62. The molecule has 1 amide bonds. The summed E-state index contributed by atoms with van der Waals surface area (Å²) in [5, 5.41) is 2.89. The Morgan fingerprint density at radius 2 is 2.14 bits per heavy atom. The summed E-state index contributed by atoms with van der Waals surface area (Å²) in [6.45, 7) is 4.53. The minimum Gasteiger partial charge on any atom is -0.373 e. The first-order valence-corrected chi connectivity index (χ1v) is 9.56. The van der Waals surface area contributed by atoms with E-state index in [2.05, 4.69) is 10.2 Å². The summed E-state index contributed by atoms with van der Waals surface area (Å²) < 4.78 is 31.8. The number of benzene rings is 2. The van der Waals surface area contributed by atoms with E-state index in [9.17, 15) is 13.6 Å². The number of halogens is 2. The second-order valence-electron chi connectivity index (χ2n) is 7.01. The molecule has 3 rings (SSSR count). The van der Waals surface area contributed by atoms with Gasteiger partial charge >= 0.3 is 0 Å². The van der Waals surface area contributed by atoms with Crippen molar-refractivity contribution in [1.29, 1.82) is 0 Å². The van der Waals surface area contributed by atoms with E-state index in [4.69, 9.17) is 10.5 Å². The van der Waals surface area contributed by atoms with Crippen molar-refractivity contribution in [2.24, 2.45) is 5.73 Å². The van der Waals surface area contributed by atoms with Crippen LogP contribution in [0.3, 0.4) is 0 Å². The SMILES string of the molecule is CC(NC(=O)C=Cc1ccc(F)c(F)c1)c1cccc(N2CCOC(CN)C2)c1. The average Bonchev–Trinajstić information content (AvgIpc) is 2.74. The highest BCUT2D eigenvalue weighted by atomic mass is 19.2. The molecule has 1 saturated heterocycles. The Hall–Kier alpha value is -2.77. The van der Waals surface area contributed by atoms with E-state index in [1.807, 2.05) is 31.2 Å². The zero-order valence-electron chi connectivity index (χ0n) is 16.3. The van der Waals surface area contributed by atoms with Crippen molar-refractivity contribution in [3.63, 3.8) is 0 Å². The number of hydrogen-bond acceptors (Lipinski definition) is 4. The number of rotatable bonds is 6. The van der Waals surface area contributed by atoms with Gasteiger partial charge in [-0.25, -0.2) is 8.78 Å². The zero-order chi connectivity index (χ0) is 20.8. The highest BCUT2D eigenvalue weighted by Crippen LogP contribution is 2.22. The van der Waals surface area contributed by atoms with Crippen molar-refractivity contribution < 1.29 is 18.3 Å². The molecule has 2 aromatic carbocycles. The summed E-state index contributed by atoms with van der Waals surface area (Å²) in [5.41, 5.74) is 8.15. The summed E-state index contributed by atoms with van der Waals surface area (Å²) in [6, 6.07) is 11.2. The molecule has 5 nitrogen and oxygen atoms in total. The normalized spacial score (nSPS) is 18.1. The number of morpholine rings is 1. The van der Waals surface area contributed by atoms with Gasteiger partial charge in [0.05, 0.1) is 18.8 Å². The highest BCUT2D eigenvalue weighted by molar-refractivity contribution is 5.92. The Morgan fingerprint density at radius 3 is 2.90 bits per heavy atom. The molecule has 0 aromatic heterocycles. The maximum absolute atomic E-state index is 13.2. The summed E-state index contributed by atoms with van der Waals surface area (Å²) in [7, 11) is 0. The quantitative estimate of drug-likeness (QED) is 0.731. The number of carbonyl (C=O) groups excluding carboxylic acids is 1. The van der Waals surface area contributed by atoms with Crippen LogP contribution < -0.4 is 16.0 Å².